The molecule has 0 spiro atoms. The van der Waals surface area contributed by atoms with Crippen LogP contribution in [0.4, 0.5) is 10.5 Å². The van der Waals surface area contributed by atoms with E-state index in [1.807, 2.05) is 45.0 Å². The minimum atomic E-state index is -0.261. The molecule has 0 atom stereocenters. The van der Waals surface area contributed by atoms with Crippen LogP contribution in [0.5, 0.6) is 0 Å². The second-order valence-electron chi connectivity index (χ2n) is 6.33. The Morgan fingerprint density at radius 1 is 1.36 bits per heavy atom. The number of carbonyl (C=O) groups is 1. The Labute approximate surface area is 130 Å². The summed E-state index contributed by atoms with van der Waals surface area (Å²) in [5, 5.41) is 15.7. The number of anilines is 1. The van der Waals surface area contributed by atoms with Crippen LogP contribution >= 0.6 is 0 Å². The summed E-state index contributed by atoms with van der Waals surface area (Å²) in [4.78, 5) is 16.4. The topological polar surface area (TPSA) is 74.2 Å². The van der Waals surface area contributed by atoms with E-state index in [0.717, 1.165) is 16.5 Å². The lowest BCUT2D eigenvalue weighted by atomic mass is 9.90. The van der Waals surface area contributed by atoms with E-state index in [-0.39, 0.29) is 18.1 Å². The predicted octanol–water partition coefficient (Wildman–Crippen LogP) is 3.07. The van der Waals surface area contributed by atoms with Crippen LogP contribution in [0.2, 0.25) is 0 Å². The van der Waals surface area contributed by atoms with E-state index in [0.29, 0.717) is 18.7 Å². The summed E-state index contributed by atoms with van der Waals surface area (Å²) in [7, 11) is 0. The van der Waals surface area contributed by atoms with Gasteiger partial charge in [0.25, 0.3) is 0 Å². The van der Waals surface area contributed by atoms with Crippen molar-refractivity contribution in [3.63, 3.8) is 0 Å². The number of aliphatic hydroxyl groups excluding tert-OH is 1. The number of nitrogens with one attached hydrogen (secondary N) is 2. The molecule has 0 aliphatic heterocycles. The van der Waals surface area contributed by atoms with Gasteiger partial charge in [0.2, 0.25) is 0 Å². The average molecular weight is 301 g/mol. The molecule has 0 fully saturated rings. The number of amides is 2. The smallest absolute Gasteiger partial charge is 0.319 e. The molecule has 3 N–H and O–H groups in total. The van der Waals surface area contributed by atoms with Crippen LogP contribution in [-0.2, 0) is 0 Å². The van der Waals surface area contributed by atoms with Crippen molar-refractivity contribution in [3.05, 3.63) is 36.0 Å². The zero-order valence-electron chi connectivity index (χ0n) is 13.3. The molecule has 118 valence electrons. The second kappa shape index (κ2) is 6.75. The lowest BCUT2D eigenvalue weighted by Crippen LogP contribution is -2.37. The van der Waals surface area contributed by atoms with Crippen LogP contribution in [-0.4, -0.2) is 29.3 Å². The number of aliphatic hydroxyl groups is 1. The highest BCUT2D eigenvalue weighted by molar-refractivity contribution is 5.99. The summed E-state index contributed by atoms with van der Waals surface area (Å²) in [5.74, 6) is 0. The molecule has 1 heterocycles. The SMILES string of the molecule is Cc1cc(NC(=O)NCC(C)(C)CCO)c2ncccc2c1. The van der Waals surface area contributed by atoms with Gasteiger partial charge in [-0.05, 0) is 42.5 Å². The highest BCUT2D eigenvalue weighted by Crippen LogP contribution is 2.23. The molecule has 0 saturated carbocycles. The zero-order chi connectivity index (χ0) is 16.2. The van der Waals surface area contributed by atoms with Crippen LogP contribution in [0.25, 0.3) is 10.9 Å². The van der Waals surface area contributed by atoms with E-state index in [4.69, 9.17) is 5.11 Å². The molecule has 1 aromatic carbocycles. The van der Waals surface area contributed by atoms with Crippen molar-refractivity contribution in [1.82, 2.24) is 10.3 Å². The first-order chi connectivity index (χ1) is 10.4. The van der Waals surface area contributed by atoms with Gasteiger partial charge in [0.05, 0.1) is 11.2 Å². The summed E-state index contributed by atoms with van der Waals surface area (Å²) < 4.78 is 0. The van der Waals surface area contributed by atoms with Crippen LogP contribution < -0.4 is 10.6 Å². The number of rotatable bonds is 5. The number of hydrogen-bond donors (Lipinski definition) is 3. The summed E-state index contributed by atoms with van der Waals surface area (Å²) in [6.07, 6.45) is 2.35. The van der Waals surface area contributed by atoms with Gasteiger partial charge in [0.1, 0.15) is 0 Å². The van der Waals surface area contributed by atoms with Crippen LogP contribution in [0.3, 0.4) is 0 Å². The number of hydrogen-bond acceptors (Lipinski definition) is 3. The molecule has 0 saturated heterocycles. The maximum Gasteiger partial charge on any atom is 0.319 e. The van der Waals surface area contributed by atoms with E-state index in [2.05, 4.69) is 15.6 Å². The molecule has 0 unspecified atom stereocenters. The first-order valence-corrected chi connectivity index (χ1v) is 7.42. The van der Waals surface area contributed by atoms with E-state index in [1.165, 1.54) is 0 Å². The number of fused-ring (bicyclic) bond motifs is 1. The van der Waals surface area contributed by atoms with Crippen molar-refractivity contribution in [3.8, 4) is 0 Å². The molecule has 2 rings (SSSR count). The van der Waals surface area contributed by atoms with Crippen molar-refractivity contribution in [2.45, 2.75) is 27.2 Å². The molecule has 1 aromatic heterocycles. The second-order valence-corrected chi connectivity index (χ2v) is 6.33. The number of benzene rings is 1. The average Bonchev–Trinajstić information content (AvgIpc) is 2.45. The van der Waals surface area contributed by atoms with Crippen molar-refractivity contribution in [2.24, 2.45) is 5.41 Å². The minimum absolute atomic E-state index is 0.114. The third-order valence-electron chi connectivity index (χ3n) is 3.61. The number of urea groups is 1. The molecule has 2 aromatic rings. The highest BCUT2D eigenvalue weighted by Gasteiger charge is 2.18. The maximum absolute atomic E-state index is 12.1. The van der Waals surface area contributed by atoms with E-state index in [9.17, 15) is 4.79 Å². The molecular formula is C17H23N3O2. The normalized spacial score (nSPS) is 11.5. The molecule has 5 heteroatoms. The maximum atomic E-state index is 12.1. The standard InChI is InChI=1S/C17H23N3O2/c1-12-9-13-5-4-7-18-15(13)14(10-12)20-16(22)19-11-17(2,3)6-8-21/h4-5,7,9-10,21H,6,8,11H2,1-3H3,(H2,19,20,22). The summed E-state index contributed by atoms with van der Waals surface area (Å²) in [6.45, 7) is 6.61. The van der Waals surface area contributed by atoms with Crippen molar-refractivity contribution >= 4 is 22.6 Å². The Hall–Kier alpha value is -2.14. The Morgan fingerprint density at radius 2 is 2.14 bits per heavy atom. The molecule has 5 nitrogen and oxygen atoms in total. The number of aryl methyl sites for hydroxylation is 1. The zero-order valence-corrected chi connectivity index (χ0v) is 13.3. The van der Waals surface area contributed by atoms with Gasteiger partial charge in [-0.3, -0.25) is 4.98 Å². The van der Waals surface area contributed by atoms with Gasteiger partial charge in [0.15, 0.2) is 0 Å². The summed E-state index contributed by atoms with van der Waals surface area (Å²) in [5.41, 5.74) is 2.40. The molecular weight excluding hydrogens is 278 g/mol. The van der Waals surface area contributed by atoms with E-state index >= 15 is 0 Å². The van der Waals surface area contributed by atoms with Crippen LogP contribution in [0.1, 0.15) is 25.8 Å². The first kappa shape index (κ1) is 16.2. The summed E-state index contributed by atoms with van der Waals surface area (Å²) >= 11 is 0. The third kappa shape index (κ3) is 4.18. The van der Waals surface area contributed by atoms with E-state index < -0.39 is 0 Å². The minimum Gasteiger partial charge on any atom is -0.396 e. The molecule has 0 radical (unpaired) electrons. The van der Waals surface area contributed by atoms with Crippen molar-refractivity contribution in [2.75, 3.05) is 18.5 Å². The quantitative estimate of drug-likeness (QED) is 0.794. The molecule has 22 heavy (non-hydrogen) atoms. The number of aromatic nitrogens is 1. The monoisotopic (exact) mass is 301 g/mol. The van der Waals surface area contributed by atoms with Crippen molar-refractivity contribution < 1.29 is 9.90 Å². The largest absolute Gasteiger partial charge is 0.396 e. The van der Waals surface area contributed by atoms with Crippen molar-refractivity contribution in [1.29, 1.82) is 0 Å². The molecule has 0 aliphatic carbocycles. The fourth-order valence-corrected chi connectivity index (χ4v) is 2.31. The Balaban J connectivity index is 2.09. The molecule has 2 amide bonds. The first-order valence-electron chi connectivity index (χ1n) is 7.42. The van der Waals surface area contributed by atoms with Gasteiger partial charge < -0.3 is 15.7 Å². The molecule has 0 bridgehead atoms. The Kier molecular flexibility index (Phi) is 4.98. The lowest BCUT2D eigenvalue weighted by Gasteiger charge is -2.24. The van der Waals surface area contributed by atoms with Crippen LogP contribution in [0, 0.1) is 12.3 Å². The predicted molar refractivity (Wildman–Crippen MR) is 89.0 cm³/mol. The number of carbonyl (C=O) groups excluding carboxylic acids is 1. The fraction of sp³-hybridized carbons (Fsp3) is 0.412. The highest BCUT2D eigenvalue weighted by atomic mass is 16.3. The van der Waals surface area contributed by atoms with Gasteiger partial charge in [-0.2, -0.15) is 0 Å². The van der Waals surface area contributed by atoms with Gasteiger partial charge >= 0.3 is 6.03 Å². The van der Waals surface area contributed by atoms with Gasteiger partial charge in [-0.15, -0.1) is 0 Å². The number of pyridine rings is 1. The van der Waals surface area contributed by atoms with Crippen LogP contribution in [0.15, 0.2) is 30.5 Å². The Morgan fingerprint density at radius 3 is 2.86 bits per heavy atom. The van der Waals surface area contributed by atoms with Gasteiger partial charge in [-0.25, -0.2) is 4.79 Å². The lowest BCUT2D eigenvalue weighted by molar-refractivity contribution is 0.204. The Bertz CT molecular complexity index is 668. The van der Waals surface area contributed by atoms with Gasteiger partial charge in [0, 0.05) is 24.7 Å². The number of nitrogens with zero attached hydrogens (tertiary/aromatic N) is 1. The van der Waals surface area contributed by atoms with Gasteiger partial charge in [-0.1, -0.05) is 19.9 Å². The van der Waals surface area contributed by atoms with E-state index in [1.54, 1.807) is 6.20 Å². The molecule has 0 aliphatic rings. The summed E-state index contributed by atoms with van der Waals surface area (Å²) in [6, 6.07) is 7.54. The fourth-order valence-electron chi connectivity index (χ4n) is 2.31. The third-order valence-corrected chi connectivity index (χ3v) is 3.61.